The summed E-state index contributed by atoms with van der Waals surface area (Å²) in [5, 5.41) is 0. The summed E-state index contributed by atoms with van der Waals surface area (Å²) in [6.45, 7) is 4.89. The van der Waals surface area contributed by atoms with Crippen molar-refractivity contribution in [3.8, 4) is 0 Å². The first kappa shape index (κ1) is 9.71. The maximum Gasteiger partial charge on any atom is 0.146 e. The van der Waals surface area contributed by atoms with Crippen molar-refractivity contribution in [1.82, 2.24) is 9.55 Å². The molecule has 0 N–H and O–H groups in total. The fraction of sp³-hybridized carbons (Fsp3) is 0.400. The minimum absolute atomic E-state index is 0.762. The summed E-state index contributed by atoms with van der Waals surface area (Å²) in [4.78, 5) is 14.6. The van der Waals surface area contributed by atoms with Crippen molar-refractivity contribution >= 4 is 12.4 Å². The second-order valence-electron chi connectivity index (χ2n) is 2.80. The second kappa shape index (κ2) is 4.60. The summed E-state index contributed by atoms with van der Waals surface area (Å²) in [6, 6.07) is 0. The molecule has 0 bridgehead atoms. The molecule has 13 heavy (non-hydrogen) atoms. The number of allylic oxidation sites excluding steroid dienone is 1. The van der Waals surface area contributed by atoms with Crippen LogP contribution in [0.1, 0.15) is 26.0 Å². The standard InChI is InChI=1S/C10H14N2O/c1-3-9(7-13)5-10-6-11-8-12(10)4-2/h5-8H,3-4H2,1-2H3. The van der Waals surface area contributed by atoms with E-state index in [1.165, 1.54) is 0 Å². The van der Waals surface area contributed by atoms with Crippen LogP contribution in [0.3, 0.4) is 0 Å². The zero-order chi connectivity index (χ0) is 9.68. The molecule has 0 radical (unpaired) electrons. The lowest BCUT2D eigenvalue weighted by Crippen LogP contribution is -1.95. The van der Waals surface area contributed by atoms with Gasteiger partial charge in [-0.05, 0) is 25.0 Å². The lowest BCUT2D eigenvalue weighted by atomic mass is 10.2. The predicted octanol–water partition coefficient (Wildman–Crippen LogP) is 1.90. The monoisotopic (exact) mass is 178 g/mol. The summed E-state index contributed by atoms with van der Waals surface area (Å²) in [7, 11) is 0. The number of nitrogens with zero attached hydrogens (tertiary/aromatic N) is 2. The molecule has 0 saturated carbocycles. The number of carbonyl (C=O) groups excluding carboxylic acids is 1. The molecule has 0 aromatic carbocycles. The number of carbonyl (C=O) groups is 1. The maximum atomic E-state index is 10.6. The van der Waals surface area contributed by atoms with Crippen LogP contribution >= 0.6 is 0 Å². The molecule has 0 amide bonds. The molecule has 1 rings (SSSR count). The van der Waals surface area contributed by atoms with E-state index in [-0.39, 0.29) is 0 Å². The third-order valence-corrected chi connectivity index (χ3v) is 1.98. The molecule has 3 heteroatoms. The number of aromatic nitrogens is 2. The number of imidazole rings is 1. The lowest BCUT2D eigenvalue weighted by Gasteiger charge is -2.00. The smallest absolute Gasteiger partial charge is 0.146 e. The largest absolute Gasteiger partial charge is 0.331 e. The van der Waals surface area contributed by atoms with E-state index < -0.39 is 0 Å². The Bertz CT molecular complexity index is 312. The summed E-state index contributed by atoms with van der Waals surface area (Å²) in [5.41, 5.74) is 1.79. The minimum atomic E-state index is 0.762. The van der Waals surface area contributed by atoms with Crippen LogP contribution in [0.2, 0.25) is 0 Å². The van der Waals surface area contributed by atoms with Crippen molar-refractivity contribution in [3.05, 3.63) is 23.8 Å². The predicted molar refractivity (Wildman–Crippen MR) is 52.2 cm³/mol. The fourth-order valence-corrected chi connectivity index (χ4v) is 1.12. The first-order valence-electron chi connectivity index (χ1n) is 4.47. The van der Waals surface area contributed by atoms with E-state index in [2.05, 4.69) is 4.98 Å². The van der Waals surface area contributed by atoms with Crippen molar-refractivity contribution in [2.24, 2.45) is 0 Å². The number of aryl methyl sites for hydroxylation is 1. The molecule has 0 aliphatic rings. The second-order valence-corrected chi connectivity index (χ2v) is 2.80. The third-order valence-electron chi connectivity index (χ3n) is 1.98. The molecule has 0 spiro atoms. The van der Waals surface area contributed by atoms with Gasteiger partial charge in [0, 0.05) is 6.54 Å². The molecule has 0 unspecified atom stereocenters. The van der Waals surface area contributed by atoms with Gasteiger partial charge in [-0.15, -0.1) is 0 Å². The van der Waals surface area contributed by atoms with E-state index in [0.717, 1.165) is 30.5 Å². The van der Waals surface area contributed by atoms with Gasteiger partial charge >= 0.3 is 0 Å². The summed E-state index contributed by atoms with van der Waals surface area (Å²) >= 11 is 0. The van der Waals surface area contributed by atoms with Crippen LogP contribution in [0.25, 0.3) is 6.08 Å². The highest BCUT2D eigenvalue weighted by atomic mass is 16.1. The molecule has 1 heterocycles. The first-order valence-corrected chi connectivity index (χ1v) is 4.47. The Morgan fingerprint density at radius 1 is 1.62 bits per heavy atom. The lowest BCUT2D eigenvalue weighted by molar-refractivity contribution is -0.104. The SMILES string of the molecule is CCC(C=O)=Cc1cncn1CC. The molecule has 1 aromatic rings. The van der Waals surface area contributed by atoms with Crippen LogP contribution in [0, 0.1) is 0 Å². The Hall–Kier alpha value is -1.38. The van der Waals surface area contributed by atoms with Crippen molar-refractivity contribution in [2.45, 2.75) is 26.8 Å². The Morgan fingerprint density at radius 3 is 2.92 bits per heavy atom. The van der Waals surface area contributed by atoms with Crippen LogP contribution in [-0.2, 0) is 11.3 Å². The fourth-order valence-electron chi connectivity index (χ4n) is 1.12. The van der Waals surface area contributed by atoms with Crippen LogP contribution in [-0.4, -0.2) is 15.8 Å². The number of hydrogen-bond donors (Lipinski definition) is 0. The van der Waals surface area contributed by atoms with Gasteiger partial charge in [0.2, 0.25) is 0 Å². The van der Waals surface area contributed by atoms with Gasteiger partial charge < -0.3 is 4.57 Å². The summed E-state index contributed by atoms with van der Waals surface area (Å²) in [6.07, 6.45) is 7.07. The highest BCUT2D eigenvalue weighted by molar-refractivity contribution is 5.80. The Morgan fingerprint density at radius 2 is 2.38 bits per heavy atom. The van der Waals surface area contributed by atoms with E-state index in [1.807, 2.05) is 24.5 Å². The average molecular weight is 178 g/mol. The van der Waals surface area contributed by atoms with E-state index in [0.29, 0.717) is 0 Å². The van der Waals surface area contributed by atoms with Gasteiger partial charge in [0.05, 0.1) is 18.2 Å². The van der Waals surface area contributed by atoms with Crippen molar-refractivity contribution in [1.29, 1.82) is 0 Å². The minimum Gasteiger partial charge on any atom is -0.331 e. The molecule has 0 saturated heterocycles. The molecule has 0 fully saturated rings. The maximum absolute atomic E-state index is 10.6. The molecule has 0 aliphatic carbocycles. The van der Waals surface area contributed by atoms with E-state index >= 15 is 0 Å². The average Bonchev–Trinajstić information content (AvgIpc) is 2.61. The van der Waals surface area contributed by atoms with Crippen LogP contribution < -0.4 is 0 Å². The Balaban J connectivity index is 2.94. The zero-order valence-corrected chi connectivity index (χ0v) is 8.03. The molecular weight excluding hydrogens is 164 g/mol. The molecule has 3 nitrogen and oxygen atoms in total. The van der Waals surface area contributed by atoms with Gasteiger partial charge in [-0.2, -0.15) is 0 Å². The number of hydrogen-bond acceptors (Lipinski definition) is 2. The third kappa shape index (κ3) is 2.28. The van der Waals surface area contributed by atoms with E-state index in [1.54, 1.807) is 12.5 Å². The first-order chi connectivity index (χ1) is 6.31. The summed E-state index contributed by atoms with van der Waals surface area (Å²) in [5.74, 6) is 0. The van der Waals surface area contributed by atoms with Crippen LogP contribution in [0.15, 0.2) is 18.1 Å². The Labute approximate surface area is 78.1 Å². The molecule has 0 aliphatic heterocycles. The zero-order valence-electron chi connectivity index (χ0n) is 8.03. The van der Waals surface area contributed by atoms with Gasteiger partial charge in [-0.3, -0.25) is 4.79 Å². The van der Waals surface area contributed by atoms with E-state index in [4.69, 9.17) is 0 Å². The summed E-state index contributed by atoms with van der Waals surface area (Å²) < 4.78 is 2.00. The van der Waals surface area contributed by atoms with Crippen molar-refractivity contribution in [2.75, 3.05) is 0 Å². The number of rotatable bonds is 4. The highest BCUT2D eigenvalue weighted by Crippen LogP contribution is 2.07. The van der Waals surface area contributed by atoms with E-state index in [9.17, 15) is 4.79 Å². The van der Waals surface area contributed by atoms with Gasteiger partial charge in [0.15, 0.2) is 0 Å². The van der Waals surface area contributed by atoms with Crippen molar-refractivity contribution < 1.29 is 4.79 Å². The molecule has 1 aromatic heterocycles. The quantitative estimate of drug-likeness (QED) is 0.521. The van der Waals surface area contributed by atoms with Gasteiger partial charge in [0.25, 0.3) is 0 Å². The van der Waals surface area contributed by atoms with Gasteiger partial charge in [-0.1, -0.05) is 6.92 Å². The van der Waals surface area contributed by atoms with Crippen LogP contribution in [0.5, 0.6) is 0 Å². The van der Waals surface area contributed by atoms with Crippen molar-refractivity contribution in [3.63, 3.8) is 0 Å². The Kier molecular flexibility index (Phi) is 3.43. The molecule has 0 atom stereocenters. The van der Waals surface area contributed by atoms with Gasteiger partial charge in [-0.25, -0.2) is 4.98 Å². The highest BCUT2D eigenvalue weighted by Gasteiger charge is 1.98. The van der Waals surface area contributed by atoms with Crippen LogP contribution in [0.4, 0.5) is 0 Å². The molecular formula is C10H14N2O. The topological polar surface area (TPSA) is 34.9 Å². The molecule has 70 valence electrons. The number of aldehydes is 1. The normalized spacial score (nSPS) is 11.7. The van der Waals surface area contributed by atoms with Gasteiger partial charge in [0.1, 0.15) is 6.29 Å².